The van der Waals surface area contributed by atoms with Crippen LogP contribution in [-0.4, -0.2) is 24.8 Å². The molecule has 5 unspecified atom stereocenters. The molecule has 0 radical (unpaired) electrons. The summed E-state index contributed by atoms with van der Waals surface area (Å²) in [6.07, 6.45) is 11.0. The average molecular weight is 335 g/mol. The third-order valence-corrected chi connectivity index (χ3v) is 9.22. The lowest BCUT2D eigenvalue weighted by Crippen LogP contribution is -2.62. The molecular formula is C21H34O3. The van der Waals surface area contributed by atoms with E-state index in [9.17, 15) is 9.90 Å². The molecule has 1 N–H and O–H groups in total. The van der Waals surface area contributed by atoms with E-state index in [2.05, 4.69) is 13.8 Å². The van der Waals surface area contributed by atoms with Crippen LogP contribution in [0.25, 0.3) is 0 Å². The lowest BCUT2D eigenvalue weighted by Gasteiger charge is -2.68. The molecule has 0 amide bonds. The van der Waals surface area contributed by atoms with Gasteiger partial charge in [0.2, 0.25) is 0 Å². The summed E-state index contributed by atoms with van der Waals surface area (Å²) < 4.78 is 5.25. The Hall–Kier alpha value is -0.570. The van der Waals surface area contributed by atoms with Gasteiger partial charge >= 0.3 is 5.97 Å². The molecule has 3 nitrogen and oxygen atoms in total. The van der Waals surface area contributed by atoms with Gasteiger partial charge in [-0.2, -0.15) is 0 Å². The molecule has 136 valence electrons. The number of fused-ring (bicyclic) bond motifs is 3. The Labute approximate surface area is 146 Å². The first-order chi connectivity index (χ1) is 11.4. The molecule has 24 heavy (non-hydrogen) atoms. The van der Waals surface area contributed by atoms with Gasteiger partial charge in [0.25, 0.3) is 0 Å². The van der Waals surface area contributed by atoms with Crippen LogP contribution >= 0.6 is 0 Å². The van der Waals surface area contributed by atoms with Crippen LogP contribution in [0.3, 0.4) is 0 Å². The summed E-state index contributed by atoms with van der Waals surface area (Å²) in [5, 5.41) is 9.82. The van der Waals surface area contributed by atoms with Crippen molar-refractivity contribution < 1.29 is 14.6 Å². The molecule has 5 saturated carbocycles. The zero-order chi connectivity index (χ0) is 17.2. The summed E-state index contributed by atoms with van der Waals surface area (Å²) in [6.45, 7) is 5.05. The topological polar surface area (TPSA) is 46.5 Å². The van der Waals surface area contributed by atoms with Crippen LogP contribution in [0.15, 0.2) is 0 Å². The van der Waals surface area contributed by atoms with Crippen molar-refractivity contribution in [3.63, 3.8) is 0 Å². The molecule has 0 aromatic rings. The first kappa shape index (κ1) is 16.9. The van der Waals surface area contributed by atoms with E-state index in [4.69, 9.17) is 4.74 Å². The Balaban J connectivity index is 1.70. The number of hydrogen-bond donors (Lipinski definition) is 1. The number of methoxy groups -OCH3 is 1. The largest absolute Gasteiger partial charge is 0.469 e. The highest BCUT2D eigenvalue weighted by atomic mass is 16.5. The molecule has 5 aliphatic rings. The lowest BCUT2D eigenvalue weighted by atomic mass is 9.36. The first-order valence-electron chi connectivity index (χ1n) is 10.1. The van der Waals surface area contributed by atoms with Gasteiger partial charge in [0.05, 0.1) is 12.5 Å². The van der Waals surface area contributed by atoms with Crippen LogP contribution < -0.4 is 0 Å². The lowest BCUT2D eigenvalue weighted by molar-refractivity contribution is -0.208. The maximum absolute atomic E-state index is 12.6. The highest BCUT2D eigenvalue weighted by Crippen LogP contribution is 2.72. The number of aliphatic hydroxyl groups excluding tert-OH is 1. The molecule has 0 aromatic carbocycles. The number of rotatable bonds is 2. The highest BCUT2D eigenvalue weighted by Gasteiger charge is 2.65. The zero-order valence-electron chi connectivity index (χ0n) is 15.6. The third-order valence-electron chi connectivity index (χ3n) is 9.22. The zero-order valence-corrected chi connectivity index (χ0v) is 15.6. The van der Waals surface area contributed by atoms with Crippen molar-refractivity contribution >= 4 is 5.97 Å². The Morgan fingerprint density at radius 2 is 1.88 bits per heavy atom. The monoisotopic (exact) mass is 334 g/mol. The molecule has 0 saturated heterocycles. The average Bonchev–Trinajstić information content (AvgIpc) is 2.60. The minimum atomic E-state index is -0.295. The van der Waals surface area contributed by atoms with Crippen molar-refractivity contribution in [2.24, 2.45) is 39.9 Å². The van der Waals surface area contributed by atoms with Crippen LogP contribution in [0.2, 0.25) is 0 Å². The van der Waals surface area contributed by atoms with E-state index in [-0.39, 0.29) is 16.8 Å². The second kappa shape index (κ2) is 5.46. The number of aliphatic hydroxyl groups is 1. The van der Waals surface area contributed by atoms with Crippen LogP contribution in [0, 0.1) is 39.9 Å². The summed E-state index contributed by atoms with van der Waals surface area (Å²) in [4.78, 5) is 12.6. The predicted molar refractivity (Wildman–Crippen MR) is 93.3 cm³/mol. The first-order valence-corrected chi connectivity index (χ1v) is 10.1. The van der Waals surface area contributed by atoms with E-state index in [1.165, 1.54) is 44.9 Å². The highest BCUT2D eigenvalue weighted by molar-refractivity contribution is 5.77. The molecule has 2 bridgehead atoms. The van der Waals surface area contributed by atoms with Crippen molar-refractivity contribution in [3.05, 3.63) is 0 Å². The summed E-state index contributed by atoms with van der Waals surface area (Å²) in [7, 11) is 1.55. The second-order valence-corrected chi connectivity index (χ2v) is 9.96. The molecule has 0 aromatic heterocycles. The molecule has 7 atom stereocenters. The number of carbonyl (C=O) groups is 1. The minimum absolute atomic E-state index is 0.0172. The molecule has 1 spiro atoms. The van der Waals surface area contributed by atoms with Crippen molar-refractivity contribution in [1.29, 1.82) is 0 Å². The molecule has 5 fully saturated rings. The number of esters is 1. The number of carbonyl (C=O) groups excluding carboxylic acids is 1. The van der Waals surface area contributed by atoms with Crippen LogP contribution in [0.5, 0.6) is 0 Å². The van der Waals surface area contributed by atoms with E-state index in [1.807, 2.05) is 0 Å². The summed E-state index contributed by atoms with van der Waals surface area (Å²) in [5.41, 5.74) is 0.427. The van der Waals surface area contributed by atoms with Crippen molar-refractivity contribution in [1.82, 2.24) is 0 Å². The Bertz CT molecular complexity index is 531. The SMILES string of the molecule is COC(=O)[C@]1(C)CCC[C@@]2(C)C3CC4CCC3(CCC21)CC4CO. The van der Waals surface area contributed by atoms with Gasteiger partial charge in [0.15, 0.2) is 0 Å². The molecule has 5 rings (SSSR count). The maximum atomic E-state index is 12.6. The summed E-state index contributed by atoms with van der Waals surface area (Å²) in [5.74, 6) is 2.47. The fraction of sp³-hybridized carbons (Fsp3) is 0.952. The second-order valence-electron chi connectivity index (χ2n) is 9.96. The van der Waals surface area contributed by atoms with Gasteiger partial charge in [0, 0.05) is 6.61 Å². The van der Waals surface area contributed by atoms with E-state index >= 15 is 0 Å². The van der Waals surface area contributed by atoms with Crippen LogP contribution in [0.1, 0.15) is 71.6 Å². The molecule has 5 aliphatic carbocycles. The quantitative estimate of drug-likeness (QED) is 0.771. The Kier molecular flexibility index (Phi) is 3.84. The van der Waals surface area contributed by atoms with E-state index in [0.717, 1.165) is 18.8 Å². The van der Waals surface area contributed by atoms with E-state index < -0.39 is 0 Å². The molecular weight excluding hydrogens is 300 g/mol. The van der Waals surface area contributed by atoms with E-state index in [0.29, 0.717) is 29.8 Å². The predicted octanol–water partition coefficient (Wildman–Crippen LogP) is 4.18. The van der Waals surface area contributed by atoms with Crippen LogP contribution in [0.4, 0.5) is 0 Å². The number of hydrogen-bond acceptors (Lipinski definition) is 3. The van der Waals surface area contributed by atoms with Gasteiger partial charge in [-0.15, -0.1) is 0 Å². The van der Waals surface area contributed by atoms with Crippen molar-refractivity contribution in [2.75, 3.05) is 13.7 Å². The summed E-state index contributed by atoms with van der Waals surface area (Å²) >= 11 is 0. The standard InChI is InChI=1S/C21H34O3/c1-19-7-4-8-20(2,18(23)24-3)16(19)6-10-21-9-5-14(11-17(19)21)15(12-21)13-22/h14-17,22H,4-13H2,1-3H3/t14?,15?,16?,17?,19-,20-,21?/m1/s1. The third kappa shape index (κ3) is 2.03. The van der Waals surface area contributed by atoms with Crippen molar-refractivity contribution in [3.8, 4) is 0 Å². The van der Waals surface area contributed by atoms with Gasteiger partial charge in [-0.3, -0.25) is 4.79 Å². The number of ether oxygens (including phenoxy) is 1. The molecule has 0 aliphatic heterocycles. The minimum Gasteiger partial charge on any atom is -0.469 e. The van der Waals surface area contributed by atoms with Gasteiger partial charge < -0.3 is 9.84 Å². The summed E-state index contributed by atoms with van der Waals surface area (Å²) in [6, 6.07) is 0. The fourth-order valence-electron chi connectivity index (χ4n) is 8.15. The molecule has 3 heteroatoms. The Morgan fingerprint density at radius 1 is 1.12 bits per heavy atom. The van der Waals surface area contributed by atoms with Crippen molar-refractivity contribution in [2.45, 2.75) is 71.6 Å². The van der Waals surface area contributed by atoms with Gasteiger partial charge in [-0.05, 0) is 92.8 Å². The fourth-order valence-corrected chi connectivity index (χ4v) is 8.15. The molecule has 0 heterocycles. The van der Waals surface area contributed by atoms with Crippen LogP contribution in [-0.2, 0) is 9.53 Å². The van der Waals surface area contributed by atoms with E-state index in [1.54, 1.807) is 7.11 Å². The van der Waals surface area contributed by atoms with Gasteiger partial charge in [0.1, 0.15) is 0 Å². The smallest absolute Gasteiger partial charge is 0.311 e. The Morgan fingerprint density at radius 3 is 2.58 bits per heavy atom. The van der Waals surface area contributed by atoms with Gasteiger partial charge in [-0.1, -0.05) is 13.3 Å². The normalized spacial score (nSPS) is 53.2. The maximum Gasteiger partial charge on any atom is 0.311 e. The van der Waals surface area contributed by atoms with Gasteiger partial charge in [-0.25, -0.2) is 0 Å².